The summed E-state index contributed by atoms with van der Waals surface area (Å²) >= 11 is 0. The molecule has 1 aromatic rings. The number of allylic oxidation sites excluding steroid dienone is 1. The number of nitrogen functional groups attached to an aromatic ring is 1. The molecule has 0 atom stereocenters. The summed E-state index contributed by atoms with van der Waals surface area (Å²) in [7, 11) is 0. The van der Waals surface area contributed by atoms with Crippen molar-refractivity contribution in [3.8, 4) is 0 Å². The third-order valence-electron chi connectivity index (χ3n) is 2.02. The molecule has 86 valence electrons. The summed E-state index contributed by atoms with van der Waals surface area (Å²) in [4.78, 5) is 0. The van der Waals surface area contributed by atoms with Crippen LogP contribution in [0.4, 0.5) is 5.69 Å². The van der Waals surface area contributed by atoms with Crippen molar-refractivity contribution in [3.63, 3.8) is 0 Å². The normalized spacial score (nSPS) is 12.0. The Labute approximate surface area is 96.4 Å². The molecule has 0 heterocycles. The molecule has 0 bridgehead atoms. The number of ether oxygens (including phenoxy) is 1. The van der Waals surface area contributed by atoms with Crippen molar-refractivity contribution in [1.82, 2.24) is 0 Å². The van der Waals surface area contributed by atoms with Gasteiger partial charge in [0.2, 0.25) is 0 Å². The SMILES string of the molecule is CCO/C=C/c1ccc(/C=C(/C)N)c(N)c1. The number of benzene rings is 1. The van der Waals surface area contributed by atoms with Crippen LogP contribution in [0.2, 0.25) is 0 Å². The van der Waals surface area contributed by atoms with Gasteiger partial charge in [-0.3, -0.25) is 0 Å². The predicted molar refractivity (Wildman–Crippen MR) is 69.4 cm³/mol. The third kappa shape index (κ3) is 3.69. The van der Waals surface area contributed by atoms with Crippen LogP contribution >= 0.6 is 0 Å². The highest BCUT2D eigenvalue weighted by Crippen LogP contribution is 2.17. The molecule has 0 saturated heterocycles. The van der Waals surface area contributed by atoms with Crippen molar-refractivity contribution >= 4 is 17.8 Å². The van der Waals surface area contributed by atoms with E-state index in [1.807, 2.05) is 44.2 Å². The van der Waals surface area contributed by atoms with Crippen LogP contribution < -0.4 is 11.5 Å². The van der Waals surface area contributed by atoms with E-state index in [-0.39, 0.29) is 0 Å². The maximum Gasteiger partial charge on any atom is 0.0845 e. The van der Waals surface area contributed by atoms with Crippen LogP contribution in [0.3, 0.4) is 0 Å². The Morgan fingerprint density at radius 3 is 2.75 bits per heavy atom. The van der Waals surface area contributed by atoms with Gasteiger partial charge in [-0.05, 0) is 43.2 Å². The van der Waals surface area contributed by atoms with E-state index in [0.717, 1.165) is 16.8 Å². The van der Waals surface area contributed by atoms with E-state index in [1.165, 1.54) is 0 Å². The van der Waals surface area contributed by atoms with Gasteiger partial charge in [0.15, 0.2) is 0 Å². The number of anilines is 1. The number of hydrogen-bond acceptors (Lipinski definition) is 3. The molecule has 3 nitrogen and oxygen atoms in total. The van der Waals surface area contributed by atoms with Gasteiger partial charge in [-0.25, -0.2) is 0 Å². The van der Waals surface area contributed by atoms with E-state index in [1.54, 1.807) is 6.26 Å². The van der Waals surface area contributed by atoms with E-state index in [2.05, 4.69) is 0 Å². The summed E-state index contributed by atoms with van der Waals surface area (Å²) in [5.41, 5.74) is 14.9. The smallest absolute Gasteiger partial charge is 0.0845 e. The van der Waals surface area contributed by atoms with Crippen LogP contribution in [0, 0.1) is 0 Å². The molecule has 0 aliphatic carbocycles. The molecule has 16 heavy (non-hydrogen) atoms. The van der Waals surface area contributed by atoms with E-state index in [9.17, 15) is 0 Å². The third-order valence-corrected chi connectivity index (χ3v) is 2.02. The zero-order valence-electron chi connectivity index (χ0n) is 9.73. The maximum atomic E-state index is 5.90. The number of hydrogen-bond donors (Lipinski definition) is 2. The van der Waals surface area contributed by atoms with E-state index < -0.39 is 0 Å². The highest BCUT2D eigenvalue weighted by molar-refractivity contribution is 5.69. The van der Waals surface area contributed by atoms with Crippen LogP contribution in [0.1, 0.15) is 25.0 Å². The quantitative estimate of drug-likeness (QED) is 0.603. The first kappa shape index (κ1) is 12.2. The largest absolute Gasteiger partial charge is 0.501 e. The van der Waals surface area contributed by atoms with Gasteiger partial charge in [-0.15, -0.1) is 0 Å². The Hall–Kier alpha value is -1.90. The fourth-order valence-electron chi connectivity index (χ4n) is 1.30. The average Bonchev–Trinajstić information content (AvgIpc) is 2.22. The molecule has 0 amide bonds. The fraction of sp³-hybridized carbons (Fsp3) is 0.231. The Morgan fingerprint density at radius 1 is 1.44 bits per heavy atom. The highest BCUT2D eigenvalue weighted by Gasteiger charge is 1.96. The first-order chi connectivity index (χ1) is 7.63. The van der Waals surface area contributed by atoms with Gasteiger partial charge < -0.3 is 16.2 Å². The monoisotopic (exact) mass is 218 g/mol. The number of rotatable bonds is 4. The summed E-state index contributed by atoms with van der Waals surface area (Å²) in [6.07, 6.45) is 5.40. The molecule has 4 N–H and O–H groups in total. The Bertz CT molecular complexity index is 404. The van der Waals surface area contributed by atoms with Crippen molar-refractivity contribution in [2.24, 2.45) is 5.73 Å². The van der Waals surface area contributed by atoms with E-state index >= 15 is 0 Å². The molecule has 0 aromatic heterocycles. The van der Waals surface area contributed by atoms with Gasteiger partial charge in [0, 0.05) is 11.4 Å². The van der Waals surface area contributed by atoms with Crippen LogP contribution in [0.25, 0.3) is 12.2 Å². The molecular weight excluding hydrogens is 200 g/mol. The van der Waals surface area contributed by atoms with Gasteiger partial charge >= 0.3 is 0 Å². The summed E-state index contributed by atoms with van der Waals surface area (Å²) in [6.45, 7) is 4.44. The Balaban J connectivity index is 2.87. The van der Waals surface area contributed by atoms with Gasteiger partial charge in [-0.1, -0.05) is 12.1 Å². The Morgan fingerprint density at radius 2 is 2.19 bits per heavy atom. The lowest BCUT2D eigenvalue weighted by Gasteiger charge is -2.03. The molecule has 1 aromatic carbocycles. The van der Waals surface area contributed by atoms with Crippen LogP contribution in [-0.2, 0) is 4.74 Å². The zero-order valence-corrected chi connectivity index (χ0v) is 9.73. The van der Waals surface area contributed by atoms with Crippen LogP contribution in [0.15, 0.2) is 30.2 Å². The molecule has 0 fully saturated rings. The van der Waals surface area contributed by atoms with Crippen molar-refractivity contribution in [1.29, 1.82) is 0 Å². The van der Waals surface area contributed by atoms with Gasteiger partial charge in [0.05, 0.1) is 12.9 Å². The first-order valence-electron chi connectivity index (χ1n) is 5.25. The summed E-state index contributed by atoms with van der Waals surface area (Å²) < 4.78 is 5.12. The van der Waals surface area contributed by atoms with Gasteiger partial charge in [0.25, 0.3) is 0 Å². The molecule has 3 heteroatoms. The predicted octanol–water partition coefficient (Wildman–Crippen LogP) is 2.60. The summed E-state index contributed by atoms with van der Waals surface area (Å²) in [6, 6.07) is 5.81. The second-order valence-electron chi connectivity index (χ2n) is 3.53. The zero-order chi connectivity index (χ0) is 12.0. The van der Waals surface area contributed by atoms with Gasteiger partial charge in [-0.2, -0.15) is 0 Å². The highest BCUT2D eigenvalue weighted by atomic mass is 16.5. The van der Waals surface area contributed by atoms with Gasteiger partial charge in [0.1, 0.15) is 0 Å². The summed E-state index contributed by atoms with van der Waals surface area (Å²) in [5, 5.41) is 0. The van der Waals surface area contributed by atoms with Crippen molar-refractivity contribution in [2.45, 2.75) is 13.8 Å². The molecule has 0 radical (unpaired) electrons. The summed E-state index contributed by atoms with van der Waals surface area (Å²) in [5.74, 6) is 0. The van der Waals surface area contributed by atoms with Crippen molar-refractivity contribution in [3.05, 3.63) is 41.3 Å². The second-order valence-corrected chi connectivity index (χ2v) is 3.53. The lowest BCUT2D eigenvalue weighted by Crippen LogP contribution is -1.94. The number of nitrogens with two attached hydrogens (primary N) is 2. The Kier molecular flexibility index (Phi) is 4.45. The minimum absolute atomic E-state index is 0.666. The van der Waals surface area contributed by atoms with E-state index in [0.29, 0.717) is 12.3 Å². The molecule has 0 aliphatic rings. The molecule has 0 unspecified atom stereocenters. The van der Waals surface area contributed by atoms with Crippen molar-refractivity contribution < 1.29 is 4.74 Å². The lowest BCUT2D eigenvalue weighted by molar-refractivity contribution is 0.272. The first-order valence-corrected chi connectivity index (χ1v) is 5.25. The molecular formula is C13H18N2O. The van der Waals surface area contributed by atoms with E-state index in [4.69, 9.17) is 16.2 Å². The standard InChI is InChI=1S/C13H18N2O/c1-3-16-7-6-11-4-5-12(8-10(2)14)13(15)9-11/h4-9H,3,14-15H2,1-2H3/b7-6+,10-8-. The second kappa shape index (κ2) is 5.85. The van der Waals surface area contributed by atoms with Crippen molar-refractivity contribution in [2.75, 3.05) is 12.3 Å². The lowest BCUT2D eigenvalue weighted by atomic mass is 10.1. The maximum absolute atomic E-state index is 5.90. The van der Waals surface area contributed by atoms with Crippen LogP contribution in [-0.4, -0.2) is 6.61 Å². The average molecular weight is 218 g/mol. The molecule has 0 spiro atoms. The fourth-order valence-corrected chi connectivity index (χ4v) is 1.30. The molecule has 0 saturated carbocycles. The molecule has 1 rings (SSSR count). The minimum atomic E-state index is 0.666. The minimum Gasteiger partial charge on any atom is -0.501 e. The molecule has 0 aliphatic heterocycles. The topological polar surface area (TPSA) is 61.3 Å². The van der Waals surface area contributed by atoms with Crippen LogP contribution in [0.5, 0.6) is 0 Å².